The molecule has 0 aromatic carbocycles. The molecule has 9 nitrogen and oxygen atoms in total. The van der Waals surface area contributed by atoms with Gasteiger partial charge in [-0.2, -0.15) is 0 Å². The third kappa shape index (κ3) is 10.9. The minimum Gasteiger partial charge on any atom is -0.444 e. The first-order valence-electron chi connectivity index (χ1n) is 12.7. The van der Waals surface area contributed by atoms with Crippen LogP contribution in [0.4, 0.5) is 4.79 Å². The molecule has 1 unspecified atom stereocenters. The molecule has 0 spiro atoms. The van der Waals surface area contributed by atoms with Gasteiger partial charge >= 0.3 is 6.09 Å². The van der Waals surface area contributed by atoms with Crippen molar-refractivity contribution in [1.82, 2.24) is 20.2 Å². The largest absolute Gasteiger partial charge is 0.444 e. The van der Waals surface area contributed by atoms with Crippen LogP contribution in [0.1, 0.15) is 81.8 Å². The zero-order chi connectivity index (χ0) is 27.5. The topological polar surface area (TPSA) is 122 Å². The number of hydrogen-bond donors (Lipinski definition) is 2. The Balaban J connectivity index is 1.76. The molecular weight excluding hydrogens is 512 g/mol. The maximum Gasteiger partial charge on any atom is 0.407 e. The monoisotopic (exact) mass is 552 g/mol. The molecule has 2 aromatic heterocycles. The molecule has 37 heavy (non-hydrogen) atoms. The van der Waals surface area contributed by atoms with Crippen LogP contribution in [0, 0.1) is 11.8 Å². The molecule has 0 fully saturated rings. The fourth-order valence-electron chi connectivity index (χ4n) is 3.79. The van der Waals surface area contributed by atoms with Crippen LogP contribution in [0.3, 0.4) is 0 Å². The summed E-state index contributed by atoms with van der Waals surface area (Å²) in [7, 11) is 1.69. The summed E-state index contributed by atoms with van der Waals surface area (Å²) in [5.74, 6) is -0.689. The first kappa shape index (κ1) is 30.9. The fraction of sp³-hybridized carbons (Fsp3) is 0.654. The molecule has 2 N–H and O–H groups in total. The number of aliphatic hydroxyl groups is 1. The molecule has 11 heteroatoms. The van der Waals surface area contributed by atoms with Gasteiger partial charge in [-0.1, -0.05) is 20.8 Å². The van der Waals surface area contributed by atoms with Crippen LogP contribution >= 0.6 is 22.7 Å². The summed E-state index contributed by atoms with van der Waals surface area (Å²) in [6, 6.07) is -0.115. The number of alkyl carbamates (subject to hydrolysis) is 1. The van der Waals surface area contributed by atoms with Gasteiger partial charge in [-0.15, -0.1) is 22.7 Å². The summed E-state index contributed by atoms with van der Waals surface area (Å²) in [4.78, 5) is 48.7. The lowest BCUT2D eigenvalue weighted by Crippen LogP contribution is -2.35. The van der Waals surface area contributed by atoms with Crippen LogP contribution in [0.5, 0.6) is 0 Å². The van der Waals surface area contributed by atoms with E-state index < -0.39 is 18.1 Å². The van der Waals surface area contributed by atoms with Crippen molar-refractivity contribution in [3.8, 4) is 0 Å². The number of hydrogen-bond acceptors (Lipinski definition) is 9. The lowest BCUT2D eigenvalue weighted by Gasteiger charge is -2.24. The van der Waals surface area contributed by atoms with Crippen molar-refractivity contribution >= 4 is 40.5 Å². The number of carbonyl (C=O) groups excluding carboxylic acids is 3. The van der Waals surface area contributed by atoms with Gasteiger partial charge in [0.15, 0.2) is 0 Å². The highest BCUT2D eigenvalue weighted by Crippen LogP contribution is 2.22. The summed E-state index contributed by atoms with van der Waals surface area (Å²) >= 11 is 3.00. The van der Waals surface area contributed by atoms with Gasteiger partial charge in [0.25, 0.3) is 0 Å². The summed E-state index contributed by atoms with van der Waals surface area (Å²) in [5.41, 5.74) is 2.51. The number of amides is 2. The summed E-state index contributed by atoms with van der Waals surface area (Å²) in [6.45, 7) is 10.1. The Morgan fingerprint density at radius 2 is 1.84 bits per heavy atom. The molecule has 0 radical (unpaired) electrons. The number of aromatic nitrogens is 2. The van der Waals surface area contributed by atoms with E-state index in [0.29, 0.717) is 25.3 Å². The van der Waals surface area contributed by atoms with Crippen LogP contribution < -0.4 is 5.32 Å². The summed E-state index contributed by atoms with van der Waals surface area (Å²) < 4.78 is 5.19. The number of carbonyl (C=O) groups is 3. The first-order valence-corrected chi connectivity index (χ1v) is 14.4. The highest BCUT2D eigenvalue weighted by molar-refractivity contribution is 7.09. The van der Waals surface area contributed by atoms with Gasteiger partial charge in [0.2, 0.25) is 5.91 Å². The first-order chi connectivity index (χ1) is 17.5. The van der Waals surface area contributed by atoms with E-state index in [2.05, 4.69) is 29.1 Å². The highest BCUT2D eigenvalue weighted by Gasteiger charge is 2.29. The van der Waals surface area contributed by atoms with Gasteiger partial charge in [-0.3, -0.25) is 14.6 Å². The third-order valence-corrected chi connectivity index (χ3v) is 8.06. The molecule has 0 saturated carbocycles. The molecule has 0 aliphatic heterocycles. The van der Waals surface area contributed by atoms with Crippen LogP contribution in [0.15, 0.2) is 17.1 Å². The number of Topliss-reactive ketones (excluding diaryl/α,β-unsaturated/α-hetero) is 1. The summed E-state index contributed by atoms with van der Waals surface area (Å²) in [5, 5.41) is 16.0. The van der Waals surface area contributed by atoms with Crippen LogP contribution in [-0.2, 0) is 27.5 Å². The van der Waals surface area contributed by atoms with E-state index in [0.717, 1.165) is 15.6 Å². The van der Waals surface area contributed by atoms with Gasteiger partial charge in [0.1, 0.15) is 12.4 Å². The van der Waals surface area contributed by atoms with Gasteiger partial charge in [-0.05, 0) is 32.6 Å². The molecule has 2 aromatic rings. The fourth-order valence-corrected chi connectivity index (χ4v) is 5.12. The normalized spacial score (nSPS) is 14.6. The predicted molar refractivity (Wildman–Crippen MR) is 145 cm³/mol. The molecule has 0 saturated heterocycles. The van der Waals surface area contributed by atoms with Gasteiger partial charge < -0.3 is 20.1 Å². The van der Waals surface area contributed by atoms with Crippen molar-refractivity contribution in [2.24, 2.45) is 11.8 Å². The van der Waals surface area contributed by atoms with E-state index in [1.807, 2.05) is 19.2 Å². The number of aliphatic hydroxyl groups excluding tert-OH is 1. The Bertz CT molecular complexity index is 993. The van der Waals surface area contributed by atoms with Crippen LogP contribution in [0.25, 0.3) is 0 Å². The van der Waals surface area contributed by atoms with Crippen molar-refractivity contribution in [1.29, 1.82) is 0 Å². The lowest BCUT2D eigenvalue weighted by atomic mass is 9.87. The molecule has 2 rings (SSSR count). The van der Waals surface area contributed by atoms with Crippen molar-refractivity contribution < 1.29 is 24.2 Å². The van der Waals surface area contributed by atoms with E-state index in [9.17, 15) is 19.5 Å². The predicted octanol–water partition coefficient (Wildman–Crippen LogP) is 4.76. The minimum absolute atomic E-state index is 0.0372. The molecule has 2 heterocycles. The SMILES string of the molecule is CC(C)c1nc(CN(C)C(=O)C[C@H](C(=O)C[C@@H](C)CC[C@H](C)NC(=O)OCc2cncs2)C(C)O)cs1. The molecule has 0 aliphatic carbocycles. The van der Waals surface area contributed by atoms with E-state index >= 15 is 0 Å². The standard InChI is InChI=1S/C26H40N4O5S2/c1-16(2)25-29-20(14-36-25)12-30(6)24(33)10-22(19(5)31)23(32)9-17(3)7-8-18(4)28-26(34)35-13-21-11-27-15-37-21/h11,14-19,22,31H,7-10,12-13H2,1-6H3,(H,28,34)/t17-,18-,19?,22-/m0/s1. The van der Waals surface area contributed by atoms with Crippen molar-refractivity contribution in [2.75, 3.05) is 7.05 Å². The van der Waals surface area contributed by atoms with E-state index in [1.165, 1.54) is 11.3 Å². The maximum atomic E-state index is 13.0. The second-order valence-electron chi connectivity index (χ2n) is 10.1. The molecule has 0 aliphatic rings. The Kier molecular flexibility index (Phi) is 12.6. The Labute approximate surface area is 227 Å². The number of thiazole rings is 2. The second kappa shape index (κ2) is 15.1. The number of ether oxygens (including phenoxy) is 1. The van der Waals surface area contributed by atoms with Crippen LogP contribution in [0.2, 0.25) is 0 Å². The quantitative estimate of drug-likeness (QED) is 0.327. The van der Waals surface area contributed by atoms with E-state index in [4.69, 9.17) is 4.74 Å². The average Bonchev–Trinajstić information content (AvgIpc) is 3.51. The number of nitrogens with zero attached hydrogens (tertiary/aromatic N) is 3. The summed E-state index contributed by atoms with van der Waals surface area (Å²) in [6.07, 6.45) is 1.87. The average molecular weight is 553 g/mol. The van der Waals surface area contributed by atoms with Crippen LogP contribution in [-0.4, -0.2) is 57.0 Å². The molecule has 2 amide bonds. The maximum absolute atomic E-state index is 13.0. The van der Waals surface area contributed by atoms with E-state index in [-0.39, 0.29) is 43.1 Å². The third-order valence-electron chi connectivity index (χ3n) is 6.11. The van der Waals surface area contributed by atoms with Crippen molar-refractivity contribution in [3.05, 3.63) is 32.7 Å². The zero-order valence-corrected chi connectivity index (χ0v) is 24.2. The highest BCUT2D eigenvalue weighted by atomic mass is 32.1. The van der Waals surface area contributed by atoms with Crippen molar-refractivity contribution in [2.45, 2.75) is 91.5 Å². The van der Waals surface area contributed by atoms with E-state index in [1.54, 1.807) is 41.9 Å². The Morgan fingerprint density at radius 3 is 2.43 bits per heavy atom. The van der Waals surface area contributed by atoms with Gasteiger partial charge in [0, 0.05) is 43.4 Å². The molecule has 0 bridgehead atoms. The number of ketones is 1. The number of rotatable bonds is 15. The zero-order valence-electron chi connectivity index (χ0n) is 22.6. The minimum atomic E-state index is -0.919. The Hall–Kier alpha value is -2.37. The number of nitrogens with one attached hydrogen (secondary N) is 1. The molecular formula is C26H40N4O5S2. The van der Waals surface area contributed by atoms with Gasteiger partial charge in [-0.25, -0.2) is 9.78 Å². The Morgan fingerprint density at radius 1 is 1.11 bits per heavy atom. The molecule has 4 atom stereocenters. The second-order valence-corrected chi connectivity index (χ2v) is 11.9. The van der Waals surface area contributed by atoms with Gasteiger partial charge in [0.05, 0.1) is 39.7 Å². The lowest BCUT2D eigenvalue weighted by molar-refractivity contribution is -0.137. The van der Waals surface area contributed by atoms with Crippen molar-refractivity contribution in [3.63, 3.8) is 0 Å². The smallest absolute Gasteiger partial charge is 0.407 e. The molecule has 206 valence electrons.